The summed E-state index contributed by atoms with van der Waals surface area (Å²) < 4.78 is 0. The van der Waals surface area contributed by atoms with Crippen LogP contribution >= 0.6 is 0 Å². The van der Waals surface area contributed by atoms with Crippen molar-refractivity contribution < 1.29 is 0 Å². The number of nitrogens with one attached hydrogen (secondary N) is 1. The van der Waals surface area contributed by atoms with Crippen molar-refractivity contribution in [2.45, 2.75) is 6.92 Å². The van der Waals surface area contributed by atoms with Crippen LogP contribution in [0.15, 0.2) is 18.2 Å². The molecule has 0 saturated heterocycles. The van der Waals surface area contributed by atoms with Gasteiger partial charge in [0.2, 0.25) is 0 Å². The number of H-pyrrole nitrogens is 1. The quantitative estimate of drug-likeness (QED) is 0.718. The molecule has 1 aromatic carbocycles. The van der Waals surface area contributed by atoms with Gasteiger partial charge in [-0.05, 0) is 25.1 Å². The van der Waals surface area contributed by atoms with E-state index in [9.17, 15) is 0 Å². The summed E-state index contributed by atoms with van der Waals surface area (Å²) in [5, 5.41) is 0. The van der Waals surface area contributed by atoms with E-state index in [2.05, 4.69) is 27.0 Å². The minimum Gasteiger partial charge on any atom is -0.378 e. The van der Waals surface area contributed by atoms with Crippen molar-refractivity contribution in [3.63, 3.8) is 0 Å². The van der Waals surface area contributed by atoms with Crippen LogP contribution in [0.2, 0.25) is 0 Å². The molecule has 0 radical (unpaired) electrons. The lowest BCUT2D eigenvalue weighted by Crippen LogP contribution is -2.07. The lowest BCUT2D eigenvalue weighted by Gasteiger charge is -2.11. The van der Waals surface area contributed by atoms with Crippen molar-refractivity contribution in [2.24, 2.45) is 0 Å². The summed E-state index contributed by atoms with van der Waals surface area (Å²) in [5.74, 6) is 0.964. The van der Waals surface area contributed by atoms with Crippen LogP contribution in [0.5, 0.6) is 0 Å². The second kappa shape index (κ2) is 2.76. The second-order valence-electron chi connectivity index (χ2n) is 3.42. The molecule has 0 aliphatic heterocycles. The first-order valence-electron chi connectivity index (χ1n) is 4.30. The second-order valence-corrected chi connectivity index (χ2v) is 3.42. The van der Waals surface area contributed by atoms with Gasteiger partial charge in [0, 0.05) is 19.8 Å². The normalized spacial score (nSPS) is 10.7. The Hall–Kier alpha value is -1.51. The van der Waals surface area contributed by atoms with Crippen LogP contribution in [0, 0.1) is 6.92 Å². The topological polar surface area (TPSA) is 31.9 Å². The maximum absolute atomic E-state index is 4.34. The van der Waals surface area contributed by atoms with E-state index in [1.54, 1.807) is 0 Å². The van der Waals surface area contributed by atoms with Gasteiger partial charge in [-0.3, -0.25) is 0 Å². The van der Waals surface area contributed by atoms with Crippen LogP contribution in [-0.2, 0) is 0 Å². The number of aromatic amines is 1. The fraction of sp³-hybridized carbons (Fsp3) is 0.300. The summed E-state index contributed by atoms with van der Waals surface area (Å²) in [7, 11) is 4.06. The van der Waals surface area contributed by atoms with Crippen LogP contribution in [0.1, 0.15) is 5.82 Å². The predicted octanol–water partition coefficient (Wildman–Crippen LogP) is 1.94. The van der Waals surface area contributed by atoms with Gasteiger partial charge in [-0.1, -0.05) is 0 Å². The minimum atomic E-state index is 0.964. The molecule has 0 atom stereocenters. The standard InChI is InChI=1S/C10H13N3/c1-7-11-9-5-4-8(13(2)3)6-10(9)12-7/h4-6H,1-3H3,(H,11,12). The number of benzene rings is 1. The summed E-state index contributed by atoms with van der Waals surface area (Å²) in [6.07, 6.45) is 0. The van der Waals surface area contributed by atoms with Crippen LogP contribution in [-0.4, -0.2) is 24.1 Å². The summed E-state index contributed by atoms with van der Waals surface area (Å²) >= 11 is 0. The maximum atomic E-state index is 4.34. The van der Waals surface area contributed by atoms with Crippen LogP contribution < -0.4 is 4.90 Å². The highest BCUT2D eigenvalue weighted by Crippen LogP contribution is 2.18. The van der Waals surface area contributed by atoms with Gasteiger partial charge in [0.25, 0.3) is 0 Å². The number of imidazole rings is 1. The Kier molecular flexibility index (Phi) is 1.72. The van der Waals surface area contributed by atoms with Gasteiger partial charge in [-0.15, -0.1) is 0 Å². The summed E-state index contributed by atoms with van der Waals surface area (Å²) in [6, 6.07) is 6.21. The minimum absolute atomic E-state index is 0.964. The van der Waals surface area contributed by atoms with Crippen molar-refractivity contribution in [2.75, 3.05) is 19.0 Å². The van der Waals surface area contributed by atoms with E-state index in [0.717, 1.165) is 16.9 Å². The molecule has 3 nitrogen and oxygen atoms in total. The van der Waals surface area contributed by atoms with Gasteiger partial charge in [-0.25, -0.2) is 4.98 Å². The zero-order chi connectivity index (χ0) is 9.42. The number of hydrogen-bond donors (Lipinski definition) is 1. The molecule has 2 aromatic rings. The molecule has 1 heterocycles. The zero-order valence-corrected chi connectivity index (χ0v) is 8.13. The van der Waals surface area contributed by atoms with Gasteiger partial charge in [0.05, 0.1) is 11.0 Å². The summed E-state index contributed by atoms with van der Waals surface area (Å²) in [6.45, 7) is 1.97. The van der Waals surface area contributed by atoms with E-state index in [1.165, 1.54) is 5.69 Å². The van der Waals surface area contributed by atoms with Crippen molar-refractivity contribution in [3.05, 3.63) is 24.0 Å². The molecule has 0 fully saturated rings. The van der Waals surface area contributed by atoms with Gasteiger partial charge in [0.1, 0.15) is 5.82 Å². The van der Waals surface area contributed by atoms with Gasteiger partial charge in [0.15, 0.2) is 0 Å². The van der Waals surface area contributed by atoms with Crippen molar-refractivity contribution in [3.8, 4) is 0 Å². The van der Waals surface area contributed by atoms with E-state index in [1.807, 2.05) is 27.1 Å². The number of aryl methyl sites for hydroxylation is 1. The molecule has 0 aliphatic carbocycles. The zero-order valence-electron chi connectivity index (χ0n) is 8.13. The molecule has 0 bridgehead atoms. The average molecular weight is 175 g/mol. The number of fused-ring (bicyclic) bond motifs is 1. The van der Waals surface area contributed by atoms with Crippen molar-refractivity contribution in [1.82, 2.24) is 9.97 Å². The molecule has 13 heavy (non-hydrogen) atoms. The van der Waals surface area contributed by atoms with Crippen molar-refractivity contribution >= 4 is 16.7 Å². The Morgan fingerprint density at radius 3 is 2.77 bits per heavy atom. The smallest absolute Gasteiger partial charge is 0.104 e. The molecule has 3 heteroatoms. The lowest BCUT2D eigenvalue weighted by molar-refractivity contribution is 1.13. The number of nitrogens with zero attached hydrogens (tertiary/aromatic N) is 2. The first-order chi connectivity index (χ1) is 6.16. The fourth-order valence-electron chi connectivity index (χ4n) is 1.40. The van der Waals surface area contributed by atoms with Crippen molar-refractivity contribution in [1.29, 1.82) is 0 Å². The molecule has 68 valence electrons. The number of anilines is 1. The SMILES string of the molecule is Cc1nc2ccc(N(C)C)cc2[nH]1. The predicted molar refractivity (Wildman–Crippen MR) is 55.2 cm³/mol. The molecular weight excluding hydrogens is 162 g/mol. The van der Waals surface area contributed by atoms with E-state index >= 15 is 0 Å². The third-order valence-electron chi connectivity index (χ3n) is 2.10. The van der Waals surface area contributed by atoms with Crippen LogP contribution in [0.25, 0.3) is 11.0 Å². The molecule has 0 aliphatic rings. The van der Waals surface area contributed by atoms with E-state index < -0.39 is 0 Å². The maximum Gasteiger partial charge on any atom is 0.104 e. The fourth-order valence-corrected chi connectivity index (χ4v) is 1.40. The Morgan fingerprint density at radius 1 is 1.31 bits per heavy atom. The summed E-state index contributed by atoms with van der Waals surface area (Å²) in [4.78, 5) is 9.63. The van der Waals surface area contributed by atoms with E-state index in [-0.39, 0.29) is 0 Å². The highest BCUT2D eigenvalue weighted by Gasteiger charge is 2.00. The van der Waals surface area contributed by atoms with Gasteiger partial charge < -0.3 is 9.88 Å². The molecule has 0 unspecified atom stereocenters. The van der Waals surface area contributed by atoms with E-state index in [0.29, 0.717) is 0 Å². The highest BCUT2D eigenvalue weighted by molar-refractivity contribution is 5.79. The lowest BCUT2D eigenvalue weighted by atomic mass is 10.2. The molecule has 1 N–H and O–H groups in total. The molecule has 2 rings (SSSR count). The van der Waals surface area contributed by atoms with E-state index in [4.69, 9.17) is 0 Å². The third-order valence-corrected chi connectivity index (χ3v) is 2.10. The number of aromatic nitrogens is 2. The molecular formula is C10H13N3. The first-order valence-corrected chi connectivity index (χ1v) is 4.30. The largest absolute Gasteiger partial charge is 0.378 e. The Labute approximate surface area is 77.4 Å². The van der Waals surface area contributed by atoms with Crippen LogP contribution in [0.4, 0.5) is 5.69 Å². The third kappa shape index (κ3) is 1.37. The molecule has 1 aromatic heterocycles. The average Bonchev–Trinajstić information content (AvgIpc) is 2.42. The number of rotatable bonds is 1. The van der Waals surface area contributed by atoms with Crippen LogP contribution in [0.3, 0.4) is 0 Å². The highest BCUT2D eigenvalue weighted by atomic mass is 15.1. The molecule has 0 spiro atoms. The monoisotopic (exact) mass is 175 g/mol. The van der Waals surface area contributed by atoms with Gasteiger partial charge >= 0.3 is 0 Å². The molecule has 0 amide bonds. The Balaban J connectivity index is 2.61. The first kappa shape index (κ1) is 8.10. The Morgan fingerprint density at radius 2 is 2.08 bits per heavy atom. The molecule has 0 saturated carbocycles. The Bertz CT molecular complexity index is 429. The van der Waals surface area contributed by atoms with Gasteiger partial charge in [-0.2, -0.15) is 0 Å². The number of hydrogen-bond acceptors (Lipinski definition) is 2. The summed E-state index contributed by atoms with van der Waals surface area (Å²) in [5.41, 5.74) is 3.32.